The van der Waals surface area contributed by atoms with Crippen LogP contribution in [0.4, 0.5) is 0 Å². The quantitative estimate of drug-likeness (QED) is 0.535. The molecule has 0 radical (unpaired) electrons. The Morgan fingerprint density at radius 3 is 1.69 bits per heavy atom. The van der Waals surface area contributed by atoms with E-state index in [9.17, 15) is 4.79 Å². The Labute approximate surface area is 150 Å². The van der Waals surface area contributed by atoms with Crippen molar-refractivity contribution in [3.63, 3.8) is 0 Å². The van der Waals surface area contributed by atoms with Crippen molar-refractivity contribution in [3.05, 3.63) is 48.5 Å². The molecule has 0 N–H and O–H groups in total. The van der Waals surface area contributed by atoms with Crippen LogP contribution < -0.4 is 0 Å². The van der Waals surface area contributed by atoms with Gasteiger partial charge < -0.3 is 0 Å². The molecule has 2 aromatic heterocycles. The molecule has 0 spiro atoms. The zero-order valence-corrected chi connectivity index (χ0v) is 14.8. The summed E-state index contributed by atoms with van der Waals surface area (Å²) in [5, 5.41) is 16.7. The molecule has 0 saturated carbocycles. The molecule has 0 saturated heterocycles. The van der Waals surface area contributed by atoms with Crippen molar-refractivity contribution in [1.29, 1.82) is 0 Å². The summed E-state index contributed by atoms with van der Waals surface area (Å²) in [6.45, 7) is 4.91. The first-order valence-corrected chi connectivity index (χ1v) is 8.73. The van der Waals surface area contributed by atoms with Gasteiger partial charge in [0.25, 0.3) is 0 Å². The summed E-state index contributed by atoms with van der Waals surface area (Å²) in [6.07, 6.45) is 0. The molecule has 7 heteroatoms. The number of hydrogen-bond acceptors (Lipinski definition) is 5. The van der Waals surface area contributed by atoms with Gasteiger partial charge in [0.15, 0.2) is 0 Å². The number of carbonyl (C=O) groups is 1. The molecule has 2 unspecified atom stereocenters. The maximum absolute atomic E-state index is 12.8. The van der Waals surface area contributed by atoms with Crippen LogP contribution in [0.1, 0.15) is 13.8 Å². The van der Waals surface area contributed by atoms with E-state index in [1.54, 1.807) is 9.36 Å². The summed E-state index contributed by atoms with van der Waals surface area (Å²) in [6, 6.07) is 15.5. The molecule has 2 aromatic carbocycles. The lowest BCUT2D eigenvalue weighted by molar-refractivity contribution is -0.126. The van der Waals surface area contributed by atoms with E-state index in [2.05, 4.69) is 20.6 Å². The van der Waals surface area contributed by atoms with Gasteiger partial charge in [-0.05, 0) is 24.3 Å². The van der Waals surface area contributed by atoms with Crippen molar-refractivity contribution in [1.82, 2.24) is 30.0 Å². The minimum atomic E-state index is -0.162. The molecule has 0 aliphatic rings. The lowest BCUT2D eigenvalue weighted by Gasteiger charge is -2.16. The van der Waals surface area contributed by atoms with Gasteiger partial charge in [-0.2, -0.15) is 0 Å². The number of rotatable bonds is 6. The Hall–Kier alpha value is -3.09. The molecule has 0 bridgehead atoms. The first kappa shape index (κ1) is 16.4. The van der Waals surface area contributed by atoms with Crippen molar-refractivity contribution < 1.29 is 4.79 Å². The maximum atomic E-state index is 12.8. The highest BCUT2D eigenvalue weighted by Gasteiger charge is 2.23. The average Bonchev–Trinajstić information content (AvgIpc) is 3.26. The summed E-state index contributed by atoms with van der Waals surface area (Å²) in [7, 11) is 0. The van der Waals surface area contributed by atoms with Crippen LogP contribution in [0.5, 0.6) is 0 Å². The van der Waals surface area contributed by atoms with Gasteiger partial charge in [0.1, 0.15) is 16.8 Å². The minimum Gasteiger partial charge on any atom is -0.299 e. The first-order chi connectivity index (χ1) is 12.6. The molecule has 4 aromatic rings. The van der Waals surface area contributed by atoms with E-state index in [1.807, 2.05) is 62.4 Å². The fourth-order valence-electron chi connectivity index (χ4n) is 3.29. The Bertz CT molecular complexity index is 982. The standard InChI is InChI=1S/C19H20N6O/c1-13(11-24-17-9-5-3-7-15(17)20-22-24)19(26)14(2)12-25-18-10-6-4-8-16(18)21-23-25/h3-10,13-14H,11-12H2,1-2H3. The molecule has 0 amide bonds. The number of carbonyl (C=O) groups excluding carboxylic acids is 1. The van der Waals surface area contributed by atoms with Gasteiger partial charge in [-0.15, -0.1) is 10.2 Å². The van der Waals surface area contributed by atoms with E-state index < -0.39 is 0 Å². The van der Waals surface area contributed by atoms with Crippen LogP contribution in [0.15, 0.2) is 48.5 Å². The maximum Gasteiger partial charge on any atom is 0.142 e. The Morgan fingerprint density at radius 1 is 0.808 bits per heavy atom. The molecule has 0 aliphatic carbocycles. The van der Waals surface area contributed by atoms with Gasteiger partial charge in [-0.1, -0.05) is 48.5 Å². The van der Waals surface area contributed by atoms with Crippen LogP contribution in [0.3, 0.4) is 0 Å². The van der Waals surface area contributed by atoms with Crippen LogP contribution >= 0.6 is 0 Å². The van der Waals surface area contributed by atoms with E-state index in [0.717, 1.165) is 22.1 Å². The van der Waals surface area contributed by atoms with Gasteiger partial charge in [0.05, 0.1) is 24.1 Å². The summed E-state index contributed by atoms with van der Waals surface area (Å²) >= 11 is 0. The highest BCUT2D eigenvalue weighted by atomic mass is 16.1. The van der Waals surface area contributed by atoms with E-state index in [4.69, 9.17) is 0 Å². The molecule has 26 heavy (non-hydrogen) atoms. The molecule has 132 valence electrons. The van der Waals surface area contributed by atoms with Gasteiger partial charge in [-0.3, -0.25) is 4.79 Å². The fraction of sp³-hybridized carbons (Fsp3) is 0.316. The number of hydrogen-bond donors (Lipinski definition) is 0. The molecule has 2 heterocycles. The van der Waals surface area contributed by atoms with E-state index in [1.165, 1.54) is 0 Å². The van der Waals surface area contributed by atoms with Crippen LogP contribution in [-0.2, 0) is 17.9 Å². The van der Waals surface area contributed by atoms with Crippen molar-refractivity contribution in [3.8, 4) is 0 Å². The molecule has 2 atom stereocenters. The number of aromatic nitrogens is 6. The van der Waals surface area contributed by atoms with Gasteiger partial charge in [-0.25, -0.2) is 9.36 Å². The van der Waals surface area contributed by atoms with Crippen LogP contribution in [0, 0.1) is 11.8 Å². The highest BCUT2D eigenvalue weighted by Crippen LogP contribution is 2.17. The smallest absolute Gasteiger partial charge is 0.142 e. The van der Waals surface area contributed by atoms with Crippen LogP contribution in [0.2, 0.25) is 0 Å². The summed E-state index contributed by atoms with van der Waals surface area (Å²) in [4.78, 5) is 12.8. The van der Waals surface area contributed by atoms with Gasteiger partial charge >= 0.3 is 0 Å². The van der Waals surface area contributed by atoms with Crippen molar-refractivity contribution >= 4 is 27.9 Å². The fourth-order valence-corrected chi connectivity index (χ4v) is 3.29. The van der Waals surface area contributed by atoms with Crippen molar-refractivity contribution in [2.75, 3.05) is 0 Å². The number of nitrogens with zero attached hydrogens (tertiary/aromatic N) is 6. The topological polar surface area (TPSA) is 78.5 Å². The Kier molecular flexibility index (Phi) is 4.20. The number of fused-ring (bicyclic) bond motifs is 2. The number of benzene rings is 2. The third kappa shape index (κ3) is 2.96. The van der Waals surface area contributed by atoms with Crippen LogP contribution in [-0.4, -0.2) is 35.8 Å². The molecular formula is C19H20N6O. The Morgan fingerprint density at radius 2 is 1.23 bits per heavy atom. The second-order valence-corrected chi connectivity index (χ2v) is 6.72. The lowest BCUT2D eigenvalue weighted by Crippen LogP contribution is -2.27. The second kappa shape index (κ2) is 6.67. The predicted octanol–water partition coefficient (Wildman–Crippen LogP) is 2.72. The molecule has 7 nitrogen and oxygen atoms in total. The van der Waals surface area contributed by atoms with E-state index in [0.29, 0.717) is 13.1 Å². The predicted molar refractivity (Wildman–Crippen MR) is 98.4 cm³/mol. The Balaban J connectivity index is 1.47. The van der Waals surface area contributed by atoms with E-state index in [-0.39, 0.29) is 17.6 Å². The second-order valence-electron chi connectivity index (χ2n) is 6.72. The SMILES string of the molecule is CC(Cn1nnc2ccccc21)C(=O)C(C)Cn1nnc2ccccc21. The minimum absolute atomic E-state index is 0.162. The monoisotopic (exact) mass is 348 g/mol. The lowest BCUT2D eigenvalue weighted by atomic mass is 9.95. The summed E-state index contributed by atoms with van der Waals surface area (Å²) in [5.41, 5.74) is 3.58. The number of ketones is 1. The van der Waals surface area contributed by atoms with Crippen molar-refractivity contribution in [2.24, 2.45) is 11.8 Å². The normalized spacial score (nSPS) is 13.9. The van der Waals surface area contributed by atoms with Gasteiger partial charge in [0, 0.05) is 11.8 Å². The zero-order chi connectivity index (χ0) is 18.1. The number of para-hydroxylation sites is 2. The molecule has 0 fully saturated rings. The molecule has 4 rings (SSSR count). The molecule has 0 aliphatic heterocycles. The first-order valence-electron chi connectivity index (χ1n) is 8.73. The summed E-state index contributed by atoms with van der Waals surface area (Å²) < 4.78 is 3.60. The zero-order valence-electron chi connectivity index (χ0n) is 14.8. The van der Waals surface area contributed by atoms with E-state index >= 15 is 0 Å². The summed E-state index contributed by atoms with van der Waals surface area (Å²) in [5.74, 6) is -0.140. The van der Waals surface area contributed by atoms with Crippen molar-refractivity contribution in [2.45, 2.75) is 26.9 Å². The number of Topliss-reactive ketones (excluding diaryl/α,β-unsaturated/α-hetero) is 1. The largest absolute Gasteiger partial charge is 0.299 e. The third-order valence-corrected chi connectivity index (χ3v) is 4.71. The average molecular weight is 348 g/mol. The highest BCUT2D eigenvalue weighted by molar-refractivity contribution is 5.83. The molecular weight excluding hydrogens is 328 g/mol. The van der Waals surface area contributed by atoms with Gasteiger partial charge in [0.2, 0.25) is 0 Å². The van der Waals surface area contributed by atoms with Crippen LogP contribution in [0.25, 0.3) is 22.1 Å². The third-order valence-electron chi connectivity index (χ3n) is 4.71.